The molecule has 38 heteroatoms. The number of oxazole rings is 1. The van der Waals surface area contributed by atoms with Crippen LogP contribution in [0.4, 0.5) is 11.8 Å². The number of unbranched alkanes of at least 4 members (excludes halogenated alkanes) is 1. The van der Waals surface area contributed by atoms with E-state index in [0.717, 1.165) is 17.6 Å². The fraction of sp³-hybridized carbons (Fsp3) is 0.677. The highest BCUT2D eigenvalue weighted by atomic mass is 16.7. The van der Waals surface area contributed by atoms with Crippen molar-refractivity contribution >= 4 is 80.8 Å². The number of rotatable bonds is 41. The summed E-state index contributed by atoms with van der Waals surface area (Å²) in [6, 6.07) is 3.26. The van der Waals surface area contributed by atoms with E-state index in [1.807, 2.05) is 88.0 Å². The molecule has 12 N–H and O–H groups in total. The normalized spacial score (nSPS) is 26.4. The predicted molar refractivity (Wildman–Crippen MR) is 488 cm³/mol. The molecule has 1 aromatic carbocycles. The molecule has 3 aliphatic heterocycles. The molecule has 15 atom stereocenters. The minimum atomic E-state index is -2.50. The Balaban J connectivity index is 0.631. The summed E-state index contributed by atoms with van der Waals surface area (Å²) in [6.45, 7) is 21.6. The van der Waals surface area contributed by atoms with Crippen LogP contribution in [0, 0.1) is 29.6 Å². The third kappa shape index (κ3) is 33.0. The molecule has 9 rings (SSSR count). The number of oxime groups is 1. The number of nitrogen functional groups attached to an aromatic ring is 2. The molecule has 4 aliphatic rings. The van der Waals surface area contributed by atoms with E-state index in [1.165, 1.54) is 11.2 Å². The lowest BCUT2D eigenvalue weighted by Gasteiger charge is -2.42. The van der Waals surface area contributed by atoms with Gasteiger partial charge in [-0.15, -0.1) is 5.10 Å². The van der Waals surface area contributed by atoms with Gasteiger partial charge in [-0.05, 0) is 166 Å². The Bertz CT molecular complexity index is 4620. The van der Waals surface area contributed by atoms with E-state index < -0.39 is 95.2 Å². The molecule has 7 heterocycles. The molecule has 0 radical (unpaired) electrons. The molecule has 3 fully saturated rings. The Hall–Kier alpha value is -9.42. The van der Waals surface area contributed by atoms with E-state index in [9.17, 15) is 44.1 Å². The van der Waals surface area contributed by atoms with Crippen molar-refractivity contribution in [3.63, 3.8) is 0 Å². The standard InChI is InChI=1S/C93H142N16O22/c1-59-20-13-12-14-21-60(2)75(120-10)55-68-28-25-64(6)93(119,130-68)86(116)89(117)107-36-17-15-23-73(107)90(118)128-76(56-70(105-131-92(7,8)9)61(3)51-63(5)84(114)85(115)83(113)62(4)50-59)69(94)52-65-26-29-72(77(53-65)121-11)109-57-67(103-106-109)22-19-24-78(110)98-34-40-124-44-48-127-47-43-123-39-32-80(112)99-35-41-125-45-49-126-46-42-122-38-31-79(111)97-33-16-18-37-108-88-81(87(95)100-58-101-88)82(104-108)66-27-30-74-71(54-66)102-91(96)129-74/h12-14,20-21,27,30,51,54,57-59,61-62,64-65,68-69,72-73,75-77,84-85,114-115,119H,15-19,22-26,28-29,31-50,52-53,55-56,94H2,1-11H3,(H2,96,102)(H,97,111)(H,98,110)(H,99,112)(H2,95,100,101)/b14-12+,20-13+,60-21+,63-51+,105-70-/t59-,61-,62-,64-,65+,68+,69-,72+,73+,75+,76+,77-,84-,85+,93-/m1/s1. The number of anilines is 2. The van der Waals surface area contributed by atoms with Crippen molar-refractivity contribution in [2.45, 2.75) is 257 Å². The van der Waals surface area contributed by atoms with Crippen LogP contribution in [0.25, 0.3) is 33.4 Å². The summed E-state index contributed by atoms with van der Waals surface area (Å²) in [5.74, 6) is -8.32. The monoisotopic (exact) mass is 1840 g/mol. The topological polar surface area (TPSA) is 512 Å². The first-order valence-electron chi connectivity index (χ1n) is 46.3. The number of piperidine rings is 1. The minimum absolute atomic E-state index is 0.0287. The number of amides is 4. The van der Waals surface area contributed by atoms with E-state index in [1.54, 1.807) is 58.7 Å². The maximum absolute atomic E-state index is 15.1. The van der Waals surface area contributed by atoms with E-state index in [4.69, 9.17) is 78.9 Å². The van der Waals surface area contributed by atoms with Crippen LogP contribution >= 0.6 is 0 Å². The number of esters is 1. The molecule has 38 nitrogen and oxygen atoms in total. The van der Waals surface area contributed by atoms with Crippen LogP contribution in [0.15, 0.2) is 87.9 Å². The lowest BCUT2D eigenvalue weighted by Crippen LogP contribution is -2.61. The Morgan fingerprint density at radius 2 is 1.40 bits per heavy atom. The number of ketones is 2. The zero-order valence-electron chi connectivity index (χ0n) is 78.2. The van der Waals surface area contributed by atoms with Gasteiger partial charge in [-0.2, -0.15) is 10.1 Å². The van der Waals surface area contributed by atoms with Crippen molar-refractivity contribution in [3.8, 4) is 11.3 Å². The fourth-order valence-corrected chi connectivity index (χ4v) is 16.6. The largest absolute Gasteiger partial charge is 0.459 e. The van der Waals surface area contributed by atoms with E-state index in [2.05, 4.69) is 46.4 Å². The summed E-state index contributed by atoms with van der Waals surface area (Å²) in [7, 11) is 3.20. The number of carbonyl (C=O) groups is 7. The maximum atomic E-state index is 15.1. The van der Waals surface area contributed by atoms with Crippen LogP contribution in [0.3, 0.4) is 0 Å². The number of aliphatic hydroxyl groups is 3. The van der Waals surface area contributed by atoms with Gasteiger partial charge in [0, 0.05) is 115 Å². The number of aryl methyl sites for hydroxylation is 2. The highest BCUT2D eigenvalue weighted by Crippen LogP contribution is 2.40. The molecule has 4 amide bonds. The van der Waals surface area contributed by atoms with E-state index >= 15 is 4.79 Å². The average Bonchev–Trinajstić information content (AvgIpc) is 1.57. The van der Waals surface area contributed by atoms with Gasteiger partial charge < -0.3 is 110 Å². The zero-order valence-corrected chi connectivity index (χ0v) is 78.2. The van der Waals surface area contributed by atoms with Crippen molar-refractivity contribution < 1.29 is 106 Å². The van der Waals surface area contributed by atoms with Gasteiger partial charge in [0.2, 0.25) is 23.5 Å². The van der Waals surface area contributed by atoms with Gasteiger partial charge in [0.1, 0.15) is 53.3 Å². The van der Waals surface area contributed by atoms with Gasteiger partial charge in [0.15, 0.2) is 17.0 Å². The Morgan fingerprint density at radius 3 is 2.07 bits per heavy atom. The molecule has 131 heavy (non-hydrogen) atoms. The molecule has 1 aliphatic carbocycles. The van der Waals surface area contributed by atoms with Crippen molar-refractivity contribution in [1.82, 2.24) is 60.6 Å². The summed E-state index contributed by atoms with van der Waals surface area (Å²) < 4.78 is 67.4. The number of aromatic nitrogens is 8. The molecule has 1 saturated carbocycles. The molecular formula is C93H142N16O22. The summed E-state index contributed by atoms with van der Waals surface area (Å²) >= 11 is 0. The highest BCUT2D eigenvalue weighted by Gasteiger charge is 2.53. The number of nitrogens with two attached hydrogens (primary N) is 3. The van der Waals surface area contributed by atoms with Gasteiger partial charge in [-0.1, -0.05) is 74.5 Å². The van der Waals surface area contributed by atoms with Gasteiger partial charge in [-0.3, -0.25) is 28.8 Å². The first-order valence-corrected chi connectivity index (χ1v) is 46.3. The average molecular weight is 1840 g/mol. The second-order valence-corrected chi connectivity index (χ2v) is 35.6. The van der Waals surface area contributed by atoms with Crippen LogP contribution in [0.2, 0.25) is 0 Å². The van der Waals surface area contributed by atoms with Gasteiger partial charge in [0.05, 0.1) is 120 Å². The summed E-state index contributed by atoms with van der Waals surface area (Å²) in [6.07, 6.45) is 16.4. The number of cyclic esters (lactones) is 1. The first-order chi connectivity index (χ1) is 62.8. The molecule has 0 unspecified atom stereocenters. The summed E-state index contributed by atoms with van der Waals surface area (Å²) in [5, 5.41) is 63.0. The van der Waals surface area contributed by atoms with Gasteiger partial charge in [-0.25, -0.2) is 24.1 Å². The molecule has 2 saturated heterocycles. The molecule has 5 aromatic rings. The number of hydrogen-bond acceptors (Lipinski definition) is 32. The van der Waals surface area contributed by atoms with Crippen LogP contribution in [0.1, 0.15) is 190 Å². The van der Waals surface area contributed by atoms with E-state index in [-0.39, 0.29) is 112 Å². The number of nitrogens with one attached hydrogen (secondary N) is 3. The van der Waals surface area contributed by atoms with Crippen molar-refractivity contribution in [2.75, 3.05) is 131 Å². The minimum Gasteiger partial charge on any atom is -0.459 e. The Morgan fingerprint density at radius 1 is 0.733 bits per heavy atom. The third-order valence-electron chi connectivity index (χ3n) is 24.1. The van der Waals surface area contributed by atoms with E-state index in [0.29, 0.717) is 214 Å². The molecular weight excluding hydrogens is 1690 g/mol. The molecule has 726 valence electrons. The highest BCUT2D eigenvalue weighted by molar-refractivity contribution is 6.39. The summed E-state index contributed by atoms with van der Waals surface area (Å²) in [5.41, 5.74) is 23.9. The van der Waals surface area contributed by atoms with Crippen LogP contribution in [0.5, 0.6) is 0 Å². The number of aliphatic hydroxyl groups excluding tert-OH is 2. The molecule has 0 spiro atoms. The number of hydrogen-bond donors (Lipinski definition) is 9. The molecule has 4 aromatic heterocycles. The van der Waals surface area contributed by atoms with Crippen molar-refractivity contribution in [3.05, 3.63) is 84.0 Å². The number of carbonyl (C=O) groups excluding carboxylic acids is 7. The fourth-order valence-electron chi connectivity index (χ4n) is 16.6. The predicted octanol–water partition coefficient (Wildman–Crippen LogP) is 7.44. The number of fused-ring (bicyclic) bond motifs is 5. The van der Waals surface area contributed by atoms with Crippen LogP contribution in [-0.2, 0) is 98.7 Å². The lowest BCUT2D eigenvalue weighted by molar-refractivity contribution is -0.265. The smallest absolute Gasteiger partial charge is 0.329 e. The van der Waals surface area contributed by atoms with Gasteiger partial charge in [0.25, 0.3) is 17.7 Å². The number of methoxy groups -OCH3 is 2. The number of benzene rings is 1. The number of ether oxygens (including phenoxy) is 10. The zero-order chi connectivity index (χ0) is 94.6. The summed E-state index contributed by atoms with van der Waals surface area (Å²) in [4.78, 5) is 116. The SMILES string of the molecule is CO[C@H]1C[C@@H]2CC[C@@H](C)[C@@](O)(O2)C(=O)C(=O)N2CCCC[C@H]2C(=O)O[C@H]([C@H](N)C[C@@H]2CC[C@H](n3cc(CCCC(=O)NCCOCCOCCOCCC(=O)NCCOCCOCCOCCC(=O)NCCCCn4nc(-c5ccc6oc(N)nc6c5)c5c(N)ncnc54)nn3)[C@H](OC)C2)C/C(=N/OC(C)(C)C)[C@H](C)/C=C(\C)[C@@H](O)[C@@H](O)C(=O)[C@H](C)C[C@H](C)/C=C/C=C/C=C/1C. The van der Waals surface area contributed by atoms with Crippen LogP contribution < -0.4 is 33.2 Å². The number of allylic oxidation sites excluding steroid dienone is 6. The second kappa shape index (κ2) is 53.5. The number of Topliss-reactive ketones (excluding diaryl/α,β-unsaturated/α-hetero) is 2. The van der Waals surface area contributed by atoms with Crippen molar-refractivity contribution in [1.29, 1.82) is 0 Å². The van der Waals surface area contributed by atoms with Crippen LogP contribution in [-0.4, -0.2) is 287 Å². The lowest BCUT2D eigenvalue weighted by atomic mass is 9.79. The quantitative estimate of drug-likeness (QED) is 0.00603. The first kappa shape index (κ1) is 105. The van der Waals surface area contributed by atoms with Gasteiger partial charge >= 0.3 is 5.97 Å². The third-order valence-corrected chi connectivity index (χ3v) is 24.1. The molecule has 2 bridgehead atoms. The maximum Gasteiger partial charge on any atom is 0.329 e. The Kier molecular flexibility index (Phi) is 43.0. The second-order valence-electron chi connectivity index (χ2n) is 35.6. The Labute approximate surface area is 767 Å². The number of nitrogens with zero attached hydrogens (tertiary/aromatic N) is 10. The van der Waals surface area contributed by atoms with Crippen molar-refractivity contribution in [2.24, 2.45) is 40.5 Å².